The molecule has 0 radical (unpaired) electrons. The quantitative estimate of drug-likeness (QED) is 0.308. The van der Waals surface area contributed by atoms with Crippen molar-refractivity contribution >= 4 is 29.9 Å². The van der Waals surface area contributed by atoms with Crippen LogP contribution in [0, 0.1) is 6.92 Å². The van der Waals surface area contributed by atoms with Gasteiger partial charge in [0.05, 0.1) is 6.10 Å². The summed E-state index contributed by atoms with van der Waals surface area (Å²) in [6, 6.07) is 6.50. The number of halogens is 1. The third-order valence-electron chi connectivity index (χ3n) is 6.12. The molecule has 0 amide bonds. The van der Waals surface area contributed by atoms with Gasteiger partial charge in [0.15, 0.2) is 5.96 Å². The van der Waals surface area contributed by atoms with Crippen LogP contribution in [-0.4, -0.2) is 74.7 Å². The lowest BCUT2D eigenvalue weighted by Crippen LogP contribution is -2.49. The zero-order valence-corrected chi connectivity index (χ0v) is 21.3. The molecule has 1 aromatic carbocycles. The van der Waals surface area contributed by atoms with Gasteiger partial charge in [0.2, 0.25) is 0 Å². The number of rotatable bonds is 8. The van der Waals surface area contributed by atoms with Crippen molar-refractivity contribution in [2.24, 2.45) is 4.99 Å². The number of guanidine groups is 1. The van der Waals surface area contributed by atoms with Gasteiger partial charge < -0.3 is 20.3 Å². The lowest BCUT2D eigenvalue weighted by atomic mass is 10.1. The molecule has 0 spiro atoms. The fraction of sp³-hybridized carbons (Fsp3) is 0.696. The van der Waals surface area contributed by atoms with E-state index in [-0.39, 0.29) is 24.0 Å². The summed E-state index contributed by atoms with van der Waals surface area (Å²) in [5.41, 5.74) is 2.44. The molecule has 1 aromatic rings. The Hall–Kier alpha value is -1.06. The fourth-order valence-electron chi connectivity index (χ4n) is 4.16. The Labute approximate surface area is 199 Å². The van der Waals surface area contributed by atoms with Crippen LogP contribution in [0.15, 0.2) is 23.2 Å². The molecular weight excluding hydrogens is 489 g/mol. The molecular formula is C23H40IN5O. The number of hydrogen-bond acceptors (Lipinski definition) is 4. The van der Waals surface area contributed by atoms with Gasteiger partial charge in [-0.3, -0.25) is 9.89 Å². The molecule has 1 aliphatic heterocycles. The number of benzene rings is 1. The van der Waals surface area contributed by atoms with Crippen LogP contribution in [-0.2, 0) is 6.54 Å². The predicted octanol–water partition coefficient (Wildman–Crippen LogP) is 3.24. The van der Waals surface area contributed by atoms with E-state index in [9.17, 15) is 0 Å². The second-order valence-electron chi connectivity index (χ2n) is 8.26. The number of nitrogens with one attached hydrogen (secondary N) is 2. The molecule has 1 saturated heterocycles. The summed E-state index contributed by atoms with van der Waals surface area (Å²) in [7, 11) is 1.83. The molecule has 170 valence electrons. The number of aliphatic imine (C=N–C) groups is 1. The number of aryl methyl sites for hydroxylation is 1. The maximum atomic E-state index is 6.32. The van der Waals surface area contributed by atoms with Crippen LogP contribution in [0.4, 0.5) is 0 Å². The van der Waals surface area contributed by atoms with Crippen LogP contribution < -0.4 is 15.4 Å². The molecule has 0 aromatic heterocycles. The summed E-state index contributed by atoms with van der Waals surface area (Å²) in [6.45, 7) is 12.9. The SMILES string of the molecule is CCN1CCN(CCNC(=NC)NCc2ccc(C)cc2OC2CCCC2)CC1.I. The van der Waals surface area contributed by atoms with Crippen molar-refractivity contribution in [1.82, 2.24) is 20.4 Å². The summed E-state index contributed by atoms with van der Waals surface area (Å²) in [5.74, 6) is 1.87. The van der Waals surface area contributed by atoms with Crippen molar-refractivity contribution in [3.63, 3.8) is 0 Å². The van der Waals surface area contributed by atoms with Crippen LogP contribution in [0.25, 0.3) is 0 Å². The van der Waals surface area contributed by atoms with E-state index in [0.29, 0.717) is 6.10 Å². The van der Waals surface area contributed by atoms with Crippen molar-refractivity contribution in [3.05, 3.63) is 29.3 Å². The summed E-state index contributed by atoms with van der Waals surface area (Å²) in [6.07, 6.45) is 5.30. The van der Waals surface area contributed by atoms with E-state index < -0.39 is 0 Å². The molecule has 0 bridgehead atoms. The highest BCUT2D eigenvalue weighted by molar-refractivity contribution is 14.0. The first kappa shape index (κ1) is 25.2. The Morgan fingerprint density at radius 3 is 2.47 bits per heavy atom. The third-order valence-corrected chi connectivity index (χ3v) is 6.12. The van der Waals surface area contributed by atoms with Crippen LogP contribution in [0.3, 0.4) is 0 Å². The van der Waals surface area contributed by atoms with Gasteiger partial charge in [-0.05, 0) is 50.8 Å². The molecule has 6 nitrogen and oxygen atoms in total. The van der Waals surface area contributed by atoms with Crippen molar-refractivity contribution in [1.29, 1.82) is 0 Å². The molecule has 0 atom stereocenters. The maximum absolute atomic E-state index is 6.32. The molecule has 2 aliphatic rings. The van der Waals surface area contributed by atoms with E-state index in [2.05, 4.69) is 57.5 Å². The average molecular weight is 530 g/mol. The third kappa shape index (κ3) is 7.89. The Kier molecular flexibility index (Phi) is 11.2. The Balaban J connectivity index is 0.00000320. The van der Waals surface area contributed by atoms with Crippen molar-refractivity contribution < 1.29 is 4.74 Å². The van der Waals surface area contributed by atoms with Crippen LogP contribution in [0.5, 0.6) is 5.75 Å². The van der Waals surface area contributed by atoms with E-state index >= 15 is 0 Å². The van der Waals surface area contributed by atoms with E-state index in [1.807, 2.05) is 7.05 Å². The summed E-state index contributed by atoms with van der Waals surface area (Å²) >= 11 is 0. The van der Waals surface area contributed by atoms with Gasteiger partial charge in [0.25, 0.3) is 0 Å². The van der Waals surface area contributed by atoms with E-state index in [4.69, 9.17) is 4.74 Å². The van der Waals surface area contributed by atoms with Crippen molar-refractivity contribution in [2.45, 2.75) is 52.2 Å². The molecule has 30 heavy (non-hydrogen) atoms. The van der Waals surface area contributed by atoms with Gasteiger partial charge in [-0.1, -0.05) is 19.1 Å². The molecule has 7 heteroatoms. The molecule has 3 rings (SSSR count). The van der Waals surface area contributed by atoms with Gasteiger partial charge in [-0.2, -0.15) is 0 Å². The van der Waals surface area contributed by atoms with E-state index in [0.717, 1.165) is 51.0 Å². The molecule has 2 N–H and O–H groups in total. The highest BCUT2D eigenvalue weighted by Crippen LogP contribution is 2.27. The van der Waals surface area contributed by atoms with E-state index in [1.54, 1.807) is 0 Å². The van der Waals surface area contributed by atoms with Gasteiger partial charge >= 0.3 is 0 Å². The first-order valence-corrected chi connectivity index (χ1v) is 11.3. The standard InChI is InChI=1S/C23H39N5O.HI/c1-4-27-13-15-28(16-14-27)12-11-25-23(24-3)26-18-20-10-9-19(2)17-22(20)29-21-7-5-6-8-21;/h9-10,17,21H,4-8,11-16,18H2,1-3H3,(H2,24,25,26);1H. The topological polar surface area (TPSA) is 52.1 Å². The lowest BCUT2D eigenvalue weighted by molar-refractivity contribution is 0.139. The first-order valence-electron chi connectivity index (χ1n) is 11.3. The lowest BCUT2D eigenvalue weighted by Gasteiger charge is -2.34. The van der Waals surface area contributed by atoms with Crippen LogP contribution >= 0.6 is 24.0 Å². The van der Waals surface area contributed by atoms with Gasteiger partial charge in [0, 0.05) is 58.4 Å². The molecule has 0 unspecified atom stereocenters. The number of ether oxygens (including phenoxy) is 1. The summed E-state index contributed by atoms with van der Waals surface area (Å²) < 4.78 is 6.32. The highest BCUT2D eigenvalue weighted by Gasteiger charge is 2.18. The van der Waals surface area contributed by atoms with Crippen molar-refractivity contribution in [2.75, 3.05) is 52.9 Å². The van der Waals surface area contributed by atoms with Crippen molar-refractivity contribution in [3.8, 4) is 5.75 Å². The largest absolute Gasteiger partial charge is 0.490 e. The normalized spacial score (nSPS) is 18.8. The zero-order chi connectivity index (χ0) is 20.5. The Morgan fingerprint density at radius 2 is 1.80 bits per heavy atom. The van der Waals surface area contributed by atoms with Gasteiger partial charge in [-0.25, -0.2) is 0 Å². The number of likely N-dealkylation sites (N-methyl/N-ethyl adjacent to an activating group) is 1. The summed E-state index contributed by atoms with van der Waals surface area (Å²) in [5, 5.41) is 6.92. The van der Waals surface area contributed by atoms with E-state index in [1.165, 1.54) is 49.9 Å². The fourth-order valence-corrected chi connectivity index (χ4v) is 4.16. The zero-order valence-electron chi connectivity index (χ0n) is 19.0. The molecule has 2 fully saturated rings. The number of nitrogens with zero attached hydrogens (tertiary/aromatic N) is 3. The Bertz CT molecular complexity index is 655. The minimum Gasteiger partial charge on any atom is -0.490 e. The average Bonchev–Trinajstić information content (AvgIpc) is 3.25. The monoisotopic (exact) mass is 529 g/mol. The van der Waals surface area contributed by atoms with Crippen LogP contribution in [0.1, 0.15) is 43.7 Å². The molecule has 1 heterocycles. The highest BCUT2D eigenvalue weighted by atomic mass is 127. The smallest absolute Gasteiger partial charge is 0.191 e. The minimum atomic E-state index is 0. The minimum absolute atomic E-state index is 0. The number of piperazine rings is 1. The second kappa shape index (κ2) is 13.4. The maximum Gasteiger partial charge on any atom is 0.191 e. The van der Waals surface area contributed by atoms with Gasteiger partial charge in [-0.15, -0.1) is 24.0 Å². The molecule has 1 aliphatic carbocycles. The Morgan fingerprint density at radius 1 is 1.10 bits per heavy atom. The number of hydrogen-bond donors (Lipinski definition) is 2. The van der Waals surface area contributed by atoms with Gasteiger partial charge in [0.1, 0.15) is 5.75 Å². The van der Waals surface area contributed by atoms with Crippen LogP contribution in [0.2, 0.25) is 0 Å². The molecule has 1 saturated carbocycles. The summed E-state index contributed by atoms with van der Waals surface area (Å²) in [4.78, 5) is 9.43. The second-order valence-corrected chi connectivity index (χ2v) is 8.26. The first-order chi connectivity index (χ1) is 14.2. The predicted molar refractivity (Wildman–Crippen MR) is 136 cm³/mol.